The first-order valence-electron chi connectivity index (χ1n) is 11.8. The predicted octanol–water partition coefficient (Wildman–Crippen LogP) is 6.18. The van der Waals surface area contributed by atoms with E-state index in [-0.39, 0.29) is 48.5 Å². The molecule has 204 valence electrons. The maximum atomic E-state index is 13.4. The van der Waals surface area contributed by atoms with E-state index in [0.29, 0.717) is 33.6 Å². The van der Waals surface area contributed by atoms with E-state index in [9.17, 15) is 18.0 Å². The summed E-state index contributed by atoms with van der Waals surface area (Å²) in [6.45, 7) is 4.42. The van der Waals surface area contributed by atoms with Gasteiger partial charge in [0.2, 0.25) is 21.8 Å². The molecule has 0 aliphatic carbocycles. The highest BCUT2D eigenvalue weighted by Gasteiger charge is 2.29. The molecule has 0 bridgehead atoms. The van der Waals surface area contributed by atoms with E-state index in [4.69, 9.17) is 46.4 Å². The first-order chi connectivity index (χ1) is 17.4. The number of nitrogens with zero attached hydrogens (tertiary/aromatic N) is 2. The van der Waals surface area contributed by atoms with Crippen molar-refractivity contribution in [2.75, 3.05) is 23.7 Å². The number of benzene rings is 2. The van der Waals surface area contributed by atoms with Crippen LogP contribution in [-0.2, 0) is 26.2 Å². The smallest absolute Gasteiger partial charge is 0.242 e. The normalized spacial score (nSPS) is 12.2. The zero-order valence-corrected chi connectivity index (χ0v) is 24.8. The quantitative estimate of drug-likeness (QED) is 0.293. The molecular weight excluding hydrogens is 580 g/mol. The van der Waals surface area contributed by atoms with Crippen LogP contribution in [0.5, 0.6) is 0 Å². The molecule has 2 aromatic rings. The summed E-state index contributed by atoms with van der Waals surface area (Å²) < 4.78 is 26.1. The molecule has 2 rings (SSSR count). The molecule has 0 saturated carbocycles. The molecule has 2 amide bonds. The molecule has 0 aliphatic heterocycles. The SMILES string of the molecule is CCCNC(=O)[C@H](CC)N(Cc1ccc(Cl)c(Cl)c1)C(=O)CCCN(c1cc(Cl)ccc1Cl)S(C)(=O)=O. The summed E-state index contributed by atoms with van der Waals surface area (Å²) >= 11 is 24.5. The first-order valence-corrected chi connectivity index (χ1v) is 15.2. The Balaban J connectivity index is 2.26. The highest BCUT2D eigenvalue weighted by molar-refractivity contribution is 7.92. The Morgan fingerprint density at radius 1 is 0.973 bits per heavy atom. The molecule has 12 heteroatoms. The van der Waals surface area contributed by atoms with Crippen molar-refractivity contribution in [2.45, 2.75) is 52.1 Å². The average Bonchev–Trinajstić information content (AvgIpc) is 2.83. The standard InChI is InChI=1S/C25H31Cl4N3O4S/c1-4-12-30-25(34)22(5-2)31(16-17-8-10-19(27)21(29)14-17)24(33)7-6-13-32(37(3,35)36)23-15-18(26)9-11-20(23)28/h8-11,14-15,22H,4-7,12-13,16H2,1-3H3,(H,30,34)/t22-/m0/s1. The van der Waals surface area contributed by atoms with E-state index in [2.05, 4.69) is 5.32 Å². The lowest BCUT2D eigenvalue weighted by molar-refractivity contribution is -0.141. The van der Waals surface area contributed by atoms with E-state index in [1.165, 1.54) is 17.0 Å². The van der Waals surface area contributed by atoms with Gasteiger partial charge in [-0.05, 0) is 55.2 Å². The Morgan fingerprint density at radius 2 is 1.65 bits per heavy atom. The van der Waals surface area contributed by atoms with Crippen LogP contribution in [0.4, 0.5) is 5.69 Å². The Labute approximate surface area is 239 Å². The highest BCUT2D eigenvalue weighted by Crippen LogP contribution is 2.31. The number of halogens is 4. The van der Waals surface area contributed by atoms with Gasteiger partial charge in [0, 0.05) is 31.1 Å². The molecule has 2 aromatic carbocycles. The fraction of sp³-hybridized carbons (Fsp3) is 0.440. The molecule has 0 aromatic heterocycles. The molecule has 0 spiro atoms. The summed E-state index contributed by atoms with van der Waals surface area (Å²) in [6.07, 6.45) is 2.42. The molecule has 37 heavy (non-hydrogen) atoms. The van der Waals surface area contributed by atoms with E-state index < -0.39 is 16.1 Å². The number of nitrogens with one attached hydrogen (secondary N) is 1. The lowest BCUT2D eigenvalue weighted by Crippen LogP contribution is -2.49. The minimum Gasteiger partial charge on any atom is -0.354 e. The van der Waals surface area contributed by atoms with Gasteiger partial charge in [0.05, 0.1) is 27.0 Å². The number of carbonyl (C=O) groups is 2. The van der Waals surface area contributed by atoms with Gasteiger partial charge in [-0.3, -0.25) is 13.9 Å². The monoisotopic (exact) mass is 609 g/mol. The largest absolute Gasteiger partial charge is 0.354 e. The van der Waals surface area contributed by atoms with Crippen LogP contribution in [-0.4, -0.2) is 50.5 Å². The van der Waals surface area contributed by atoms with Crippen LogP contribution in [0.15, 0.2) is 36.4 Å². The fourth-order valence-corrected chi connectivity index (χ4v) is 5.51. The van der Waals surface area contributed by atoms with Gasteiger partial charge in [-0.1, -0.05) is 66.3 Å². The summed E-state index contributed by atoms with van der Waals surface area (Å²) in [5.74, 6) is -0.545. The highest BCUT2D eigenvalue weighted by atomic mass is 35.5. The Hall–Kier alpha value is -1.71. The zero-order valence-electron chi connectivity index (χ0n) is 20.9. The third-order valence-electron chi connectivity index (χ3n) is 5.60. The van der Waals surface area contributed by atoms with Crippen molar-refractivity contribution >= 4 is 73.9 Å². The van der Waals surface area contributed by atoms with Crippen molar-refractivity contribution < 1.29 is 18.0 Å². The van der Waals surface area contributed by atoms with Crippen LogP contribution >= 0.6 is 46.4 Å². The second-order valence-electron chi connectivity index (χ2n) is 8.52. The lowest BCUT2D eigenvalue weighted by Gasteiger charge is -2.31. The topological polar surface area (TPSA) is 86.8 Å². The molecule has 1 N–H and O–H groups in total. The van der Waals surface area contributed by atoms with Gasteiger partial charge in [0.1, 0.15) is 6.04 Å². The van der Waals surface area contributed by atoms with E-state index in [1.54, 1.807) is 24.3 Å². The average molecular weight is 611 g/mol. The van der Waals surface area contributed by atoms with Gasteiger partial charge in [0.25, 0.3) is 0 Å². The fourth-order valence-electron chi connectivity index (χ4n) is 3.78. The van der Waals surface area contributed by atoms with Crippen LogP contribution in [0.25, 0.3) is 0 Å². The van der Waals surface area contributed by atoms with Crippen LogP contribution in [0.2, 0.25) is 20.1 Å². The number of rotatable bonds is 13. The van der Waals surface area contributed by atoms with Gasteiger partial charge in [-0.2, -0.15) is 0 Å². The number of amides is 2. The summed E-state index contributed by atoms with van der Waals surface area (Å²) in [4.78, 5) is 27.8. The molecular formula is C25H31Cl4N3O4S. The molecule has 0 radical (unpaired) electrons. The van der Waals surface area contributed by atoms with Gasteiger partial charge >= 0.3 is 0 Å². The summed E-state index contributed by atoms with van der Waals surface area (Å²) in [7, 11) is -3.70. The molecule has 0 aliphatic rings. The predicted molar refractivity (Wildman–Crippen MR) is 152 cm³/mol. The Bertz CT molecular complexity index is 1210. The van der Waals surface area contributed by atoms with E-state index in [0.717, 1.165) is 17.0 Å². The van der Waals surface area contributed by atoms with Crippen molar-refractivity contribution in [2.24, 2.45) is 0 Å². The first kappa shape index (κ1) is 31.5. The minimum absolute atomic E-state index is 0.00306. The minimum atomic E-state index is -3.70. The van der Waals surface area contributed by atoms with Crippen LogP contribution < -0.4 is 9.62 Å². The third-order valence-corrected chi connectivity index (χ3v) is 8.07. The van der Waals surface area contributed by atoms with E-state index in [1.807, 2.05) is 13.8 Å². The second-order valence-corrected chi connectivity index (χ2v) is 12.1. The van der Waals surface area contributed by atoms with Crippen molar-refractivity contribution in [3.8, 4) is 0 Å². The molecule has 0 unspecified atom stereocenters. The number of carbonyl (C=O) groups excluding carboxylic acids is 2. The molecule has 0 heterocycles. The third kappa shape index (κ3) is 9.21. The maximum Gasteiger partial charge on any atom is 0.242 e. The van der Waals surface area contributed by atoms with Gasteiger partial charge < -0.3 is 10.2 Å². The van der Waals surface area contributed by atoms with E-state index >= 15 is 0 Å². The van der Waals surface area contributed by atoms with Crippen molar-refractivity contribution in [1.29, 1.82) is 0 Å². The molecule has 0 saturated heterocycles. The van der Waals surface area contributed by atoms with Crippen molar-refractivity contribution in [3.05, 3.63) is 62.1 Å². The number of hydrogen-bond donors (Lipinski definition) is 1. The van der Waals surface area contributed by atoms with Gasteiger partial charge in [-0.25, -0.2) is 8.42 Å². The summed E-state index contributed by atoms with van der Waals surface area (Å²) in [6, 6.07) is 8.88. The Kier molecular flexibility index (Phi) is 12.3. The van der Waals surface area contributed by atoms with Crippen molar-refractivity contribution in [1.82, 2.24) is 10.2 Å². The second kappa shape index (κ2) is 14.4. The lowest BCUT2D eigenvalue weighted by atomic mass is 10.1. The zero-order chi connectivity index (χ0) is 27.8. The van der Waals surface area contributed by atoms with Gasteiger partial charge in [0.15, 0.2) is 0 Å². The van der Waals surface area contributed by atoms with Gasteiger partial charge in [-0.15, -0.1) is 0 Å². The molecule has 0 fully saturated rings. The maximum absolute atomic E-state index is 13.4. The Morgan fingerprint density at radius 3 is 2.24 bits per heavy atom. The van der Waals surface area contributed by atoms with Crippen LogP contribution in [0.1, 0.15) is 45.1 Å². The summed E-state index contributed by atoms with van der Waals surface area (Å²) in [5.41, 5.74) is 0.954. The number of anilines is 1. The van der Waals surface area contributed by atoms with Crippen LogP contribution in [0, 0.1) is 0 Å². The molecule has 1 atom stereocenters. The summed E-state index contributed by atoms with van der Waals surface area (Å²) in [5, 5.41) is 4.15. The van der Waals surface area contributed by atoms with Crippen molar-refractivity contribution in [3.63, 3.8) is 0 Å². The number of sulfonamides is 1. The number of hydrogen-bond acceptors (Lipinski definition) is 4. The van der Waals surface area contributed by atoms with Crippen LogP contribution in [0.3, 0.4) is 0 Å². The molecule has 7 nitrogen and oxygen atoms in total.